The molecule has 24 heavy (non-hydrogen) atoms. The number of nitrogens with one attached hydrogen (secondary N) is 1. The molecule has 3 aromatic rings. The van der Waals surface area contributed by atoms with Crippen LogP contribution in [0.15, 0.2) is 27.6 Å². The summed E-state index contributed by atoms with van der Waals surface area (Å²) in [6.45, 7) is 0. The van der Waals surface area contributed by atoms with Gasteiger partial charge >= 0.3 is 5.69 Å². The van der Waals surface area contributed by atoms with E-state index in [4.69, 9.17) is 18.7 Å². The topological polar surface area (TPSA) is 104 Å². The Morgan fingerprint density at radius 3 is 2.29 bits per heavy atom. The summed E-state index contributed by atoms with van der Waals surface area (Å²) in [7, 11) is 6.19. The van der Waals surface area contributed by atoms with E-state index in [1.54, 1.807) is 19.2 Å². The van der Waals surface area contributed by atoms with Crippen LogP contribution < -0.4 is 19.9 Å². The molecule has 0 saturated carbocycles. The summed E-state index contributed by atoms with van der Waals surface area (Å²) >= 11 is 0. The average Bonchev–Trinajstić information content (AvgIpc) is 3.21. The molecular weight excluding hydrogens is 316 g/mol. The Bertz CT molecular complexity index is 899. The molecule has 9 nitrogen and oxygen atoms in total. The van der Waals surface area contributed by atoms with Crippen LogP contribution in [0.2, 0.25) is 0 Å². The molecule has 0 saturated heterocycles. The van der Waals surface area contributed by atoms with E-state index >= 15 is 0 Å². The van der Waals surface area contributed by atoms with Gasteiger partial charge in [0.1, 0.15) is 5.69 Å². The summed E-state index contributed by atoms with van der Waals surface area (Å²) in [4.78, 5) is 18.4. The van der Waals surface area contributed by atoms with E-state index in [0.29, 0.717) is 34.3 Å². The lowest BCUT2D eigenvalue weighted by molar-refractivity contribution is 0.324. The summed E-state index contributed by atoms with van der Waals surface area (Å²) < 4.78 is 22.5. The fraction of sp³-hybridized carbons (Fsp3) is 0.267. The first-order valence-corrected chi connectivity index (χ1v) is 6.98. The van der Waals surface area contributed by atoms with Gasteiger partial charge < -0.3 is 23.7 Å². The van der Waals surface area contributed by atoms with Crippen molar-refractivity contribution in [1.29, 1.82) is 0 Å². The quantitative estimate of drug-likeness (QED) is 0.754. The lowest BCUT2D eigenvalue weighted by Gasteiger charge is -2.12. The van der Waals surface area contributed by atoms with Crippen LogP contribution in [0.1, 0.15) is 0 Å². The second-order valence-corrected chi connectivity index (χ2v) is 4.88. The second-order valence-electron chi connectivity index (χ2n) is 4.88. The van der Waals surface area contributed by atoms with Crippen molar-refractivity contribution in [2.75, 3.05) is 21.3 Å². The van der Waals surface area contributed by atoms with Crippen LogP contribution in [0.4, 0.5) is 0 Å². The molecule has 0 spiro atoms. The van der Waals surface area contributed by atoms with Crippen molar-refractivity contribution in [3.05, 3.63) is 28.8 Å². The van der Waals surface area contributed by atoms with Gasteiger partial charge in [-0.25, -0.2) is 4.79 Å². The molecule has 0 amide bonds. The summed E-state index contributed by atoms with van der Waals surface area (Å²) in [5.74, 6) is 1.98. The van der Waals surface area contributed by atoms with Gasteiger partial charge in [0.15, 0.2) is 11.5 Å². The van der Waals surface area contributed by atoms with E-state index in [2.05, 4.69) is 15.1 Å². The molecule has 0 fully saturated rings. The number of aromatic amines is 1. The van der Waals surface area contributed by atoms with E-state index in [0.717, 1.165) is 0 Å². The Morgan fingerprint density at radius 2 is 1.79 bits per heavy atom. The van der Waals surface area contributed by atoms with Crippen molar-refractivity contribution < 1.29 is 18.7 Å². The molecule has 2 aromatic heterocycles. The van der Waals surface area contributed by atoms with Crippen LogP contribution >= 0.6 is 0 Å². The number of aromatic nitrogens is 4. The largest absolute Gasteiger partial charge is 0.493 e. The van der Waals surface area contributed by atoms with Gasteiger partial charge in [0.25, 0.3) is 5.89 Å². The number of benzene rings is 1. The van der Waals surface area contributed by atoms with Gasteiger partial charge in [0, 0.05) is 18.8 Å². The zero-order chi connectivity index (χ0) is 17.3. The third-order valence-electron chi connectivity index (χ3n) is 3.57. The van der Waals surface area contributed by atoms with E-state index < -0.39 is 0 Å². The molecule has 0 aliphatic rings. The molecule has 0 bridgehead atoms. The van der Waals surface area contributed by atoms with E-state index in [9.17, 15) is 4.79 Å². The van der Waals surface area contributed by atoms with Gasteiger partial charge in [-0.2, -0.15) is 4.98 Å². The predicted molar refractivity (Wildman–Crippen MR) is 84.4 cm³/mol. The highest BCUT2D eigenvalue weighted by Gasteiger charge is 2.19. The number of nitrogens with zero attached hydrogens (tertiary/aromatic N) is 3. The number of rotatable bonds is 5. The number of hydrogen-bond acceptors (Lipinski definition) is 7. The summed E-state index contributed by atoms with van der Waals surface area (Å²) in [5, 5.41) is 3.95. The maximum Gasteiger partial charge on any atom is 0.325 e. The highest BCUT2D eigenvalue weighted by atomic mass is 16.5. The van der Waals surface area contributed by atoms with Crippen molar-refractivity contribution in [2.24, 2.45) is 7.05 Å². The zero-order valence-electron chi connectivity index (χ0n) is 13.6. The summed E-state index contributed by atoms with van der Waals surface area (Å²) in [5.41, 5.74) is 0.851. The molecule has 0 atom stereocenters. The standard InChI is InChI=1S/C15H16N4O5/c1-19-9(7-16-15(19)20)14-17-13(18-24-14)8-5-10(21-2)12(23-4)11(6-8)22-3/h5-7H,1-4H3,(H,16,20). The van der Waals surface area contributed by atoms with E-state index in [1.165, 1.54) is 32.1 Å². The third kappa shape index (κ3) is 2.49. The molecule has 0 aliphatic heterocycles. The van der Waals surface area contributed by atoms with Gasteiger partial charge in [0.05, 0.1) is 21.3 Å². The summed E-state index contributed by atoms with van der Waals surface area (Å²) in [6, 6.07) is 3.43. The molecule has 0 unspecified atom stereocenters. The van der Waals surface area contributed by atoms with E-state index in [1.807, 2.05) is 0 Å². The molecule has 1 N–H and O–H groups in total. The zero-order valence-corrected chi connectivity index (χ0v) is 13.6. The molecule has 126 valence electrons. The molecule has 9 heteroatoms. The second kappa shape index (κ2) is 6.11. The SMILES string of the molecule is COc1cc(-c2noc(-c3c[nH]c(=O)n3C)n2)cc(OC)c1OC. The predicted octanol–water partition coefficient (Wildman–Crippen LogP) is 1.46. The van der Waals surface area contributed by atoms with Crippen LogP contribution in [0.5, 0.6) is 17.2 Å². The number of imidazole rings is 1. The van der Waals surface area contributed by atoms with Crippen LogP contribution in [0, 0.1) is 0 Å². The van der Waals surface area contributed by atoms with Gasteiger partial charge in [-0.05, 0) is 12.1 Å². The number of H-pyrrole nitrogens is 1. The van der Waals surface area contributed by atoms with Crippen molar-refractivity contribution >= 4 is 0 Å². The van der Waals surface area contributed by atoms with Crippen molar-refractivity contribution in [3.8, 4) is 40.2 Å². The molecule has 2 heterocycles. The van der Waals surface area contributed by atoms with Crippen molar-refractivity contribution in [3.63, 3.8) is 0 Å². The van der Waals surface area contributed by atoms with Crippen LogP contribution in [-0.4, -0.2) is 41.0 Å². The van der Waals surface area contributed by atoms with Crippen LogP contribution in [-0.2, 0) is 7.05 Å². The minimum Gasteiger partial charge on any atom is -0.493 e. The molecule has 0 radical (unpaired) electrons. The number of hydrogen-bond donors (Lipinski definition) is 1. The lowest BCUT2D eigenvalue weighted by Crippen LogP contribution is -2.13. The lowest BCUT2D eigenvalue weighted by atomic mass is 10.1. The first-order chi connectivity index (χ1) is 11.6. The smallest absolute Gasteiger partial charge is 0.325 e. The van der Waals surface area contributed by atoms with E-state index in [-0.39, 0.29) is 11.6 Å². The van der Waals surface area contributed by atoms with Crippen LogP contribution in [0.3, 0.4) is 0 Å². The Morgan fingerprint density at radius 1 is 1.12 bits per heavy atom. The number of methoxy groups -OCH3 is 3. The monoisotopic (exact) mass is 332 g/mol. The van der Waals surface area contributed by atoms with Crippen molar-refractivity contribution in [2.45, 2.75) is 0 Å². The molecule has 0 aliphatic carbocycles. The molecule has 1 aromatic carbocycles. The Labute approximate surface area is 136 Å². The first kappa shape index (κ1) is 15.7. The molecular formula is C15H16N4O5. The van der Waals surface area contributed by atoms with Gasteiger partial charge in [0.2, 0.25) is 11.6 Å². The Hall–Kier alpha value is -3.23. The normalized spacial score (nSPS) is 10.7. The van der Waals surface area contributed by atoms with Crippen molar-refractivity contribution in [1.82, 2.24) is 19.7 Å². The fourth-order valence-electron chi connectivity index (χ4n) is 2.29. The minimum absolute atomic E-state index is 0.222. The van der Waals surface area contributed by atoms with Gasteiger partial charge in [-0.15, -0.1) is 0 Å². The Balaban J connectivity index is 2.07. The summed E-state index contributed by atoms with van der Waals surface area (Å²) in [6.07, 6.45) is 1.51. The maximum absolute atomic E-state index is 11.5. The third-order valence-corrected chi connectivity index (χ3v) is 3.57. The fourth-order valence-corrected chi connectivity index (χ4v) is 2.29. The first-order valence-electron chi connectivity index (χ1n) is 6.98. The van der Waals surface area contributed by atoms with Gasteiger partial charge in [-0.3, -0.25) is 4.57 Å². The maximum atomic E-state index is 11.5. The molecule has 3 rings (SSSR count). The van der Waals surface area contributed by atoms with Gasteiger partial charge in [-0.1, -0.05) is 5.16 Å². The highest BCUT2D eigenvalue weighted by molar-refractivity contribution is 5.67. The van der Waals surface area contributed by atoms with Crippen LogP contribution in [0.25, 0.3) is 23.0 Å². The number of ether oxygens (including phenoxy) is 3. The highest BCUT2D eigenvalue weighted by Crippen LogP contribution is 2.40. The Kier molecular flexibility index (Phi) is 3.98. The minimum atomic E-state index is -0.266. The average molecular weight is 332 g/mol.